The van der Waals surface area contributed by atoms with Crippen LogP contribution in [0.2, 0.25) is 0 Å². The molecule has 1 amide bonds. The van der Waals surface area contributed by atoms with Crippen LogP contribution < -0.4 is 23.7 Å². The van der Waals surface area contributed by atoms with Gasteiger partial charge in [0.15, 0.2) is 11.5 Å². The van der Waals surface area contributed by atoms with E-state index in [0.29, 0.717) is 47.1 Å². The second kappa shape index (κ2) is 10.4. The third kappa shape index (κ3) is 4.25. The van der Waals surface area contributed by atoms with Crippen molar-refractivity contribution in [3.8, 4) is 28.7 Å². The Balaban J connectivity index is 1.66. The van der Waals surface area contributed by atoms with E-state index in [4.69, 9.17) is 23.7 Å². The fourth-order valence-corrected chi connectivity index (χ4v) is 4.80. The van der Waals surface area contributed by atoms with Crippen molar-refractivity contribution in [2.75, 3.05) is 34.7 Å². The van der Waals surface area contributed by atoms with Gasteiger partial charge in [0.2, 0.25) is 18.3 Å². The number of benzene rings is 2. The number of rotatable bonds is 9. The number of hydrogen-bond acceptors (Lipinski definition) is 9. The summed E-state index contributed by atoms with van der Waals surface area (Å²) in [5, 5.41) is 11.4. The van der Waals surface area contributed by atoms with Crippen LogP contribution >= 0.6 is 0 Å². The minimum absolute atomic E-state index is 0.0413. The van der Waals surface area contributed by atoms with E-state index >= 15 is 0 Å². The van der Waals surface area contributed by atoms with Crippen molar-refractivity contribution in [1.82, 2.24) is 14.5 Å². The normalized spacial score (nSPS) is 17.7. The number of Topliss-reactive ketones (excluding diaryl/α,β-unsaturated/α-hetero) is 1. The molecule has 198 valence electrons. The van der Waals surface area contributed by atoms with Gasteiger partial charge in [0.25, 0.3) is 11.7 Å². The van der Waals surface area contributed by atoms with Crippen LogP contribution in [0.3, 0.4) is 0 Å². The number of aliphatic hydroxyl groups is 1. The summed E-state index contributed by atoms with van der Waals surface area (Å²) in [4.78, 5) is 32.3. The first-order valence-corrected chi connectivity index (χ1v) is 11.9. The second-order valence-electron chi connectivity index (χ2n) is 8.64. The summed E-state index contributed by atoms with van der Waals surface area (Å²) < 4.78 is 29.6. The van der Waals surface area contributed by atoms with Crippen LogP contribution in [-0.2, 0) is 16.1 Å². The lowest BCUT2D eigenvalue weighted by Gasteiger charge is -2.27. The molecule has 0 bridgehead atoms. The number of ether oxygens (including phenoxy) is 5. The van der Waals surface area contributed by atoms with Gasteiger partial charge in [-0.3, -0.25) is 9.59 Å². The molecule has 0 radical (unpaired) electrons. The zero-order chi connectivity index (χ0) is 26.8. The average molecular weight is 522 g/mol. The first kappa shape index (κ1) is 25.0. The van der Waals surface area contributed by atoms with Crippen molar-refractivity contribution >= 4 is 17.4 Å². The van der Waals surface area contributed by atoms with Crippen LogP contribution in [0.5, 0.6) is 28.7 Å². The van der Waals surface area contributed by atoms with E-state index < -0.39 is 17.7 Å². The molecular formula is C27H27N3O8. The second-order valence-corrected chi connectivity index (χ2v) is 8.64. The predicted octanol–water partition coefficient (Wildman–Crippen LogP) is 3.15. The number of hydrogen-bond donors (Lipinski definition) is 1. The third-order valence-electron chi connectivity index (χ3n) is 6.57. The maximum atomic E-state index is 13.5. The summed E-state index contributed by atoms with van der Waals surface area (Å²) in [5.41, 5.74) is 0.669. The Hall–Kier alpha value is -4.67. The lowest BCUT2D eigenvalue weighted by molar-refractivity contribution is -0.140. The first-order chi connectivity index (χ1) is 18.5. The van der Waals surface area contributed by atoms with Gasteiger partial charge in [-0.05, 0) is 24.6 Å². The number of ketones is 1. The molecule has 1 aromatic heterocycles. The van der Waals surface area contributed by atoms with Gasteiger partial charge in [0.1, 0.15) is 11.5 Å². The molecule has 0 unspecified atom stereocenters. The highest BCUT2D eigenvalue weighted by Gasteiger charge is 2.48. The van der Waals surface area contributed by atoms with Crippen LogP contribution in [0.25, 0.3) is 5.76 Å². The van der Waals surface area contributed by atoms with Gasteiger partial charge in [-0.25, -0.2) is 4.98 Å². The van der Waals surface area contributed by atoms with Crippen LogP contribution in [-0.4, -0.2) is 65.9 Å². The van der Waals surface area contributed by atoms with Crippen molar-refractivity contribution in [2.24, 2.45) is 0 Å². The summed E-state index contributed by atoms with van der Waals surface area (Å²) >= 11 is 0. The van der Waals surface area contributed by atoms with Crippen LogP contribution in [0.15, 0.2) is 54.6 Å². The molecule has 2 aliphatic heterocycles. The van der Waals surface area contributed by atoms with E-state index in [-0.39, 0.29) is 30.4 Å². The molecule has 1 saturated heterocycles. The van der Waals surface area contributed by atoms with Gasteiger partial charge in [0.05, 0.1) is 39.3 Å². The zero-order valence-electron chi connectivity index (χ0n) is 21.2. The molecule has 0 spiro atoms. The molecule has 1 fully saturated rings. The number of carbonyl (C=O) groups excluding carboxylic acids is 2. The number of aromatic nitrogens is 2. The molecule has 1 N–H and O–H groups in total. The van der Waals surface area contributed by atoms with E-state index in [2.05, 4.69) is 4.98 Å². The number of methoxy groups -OCH3 is 3. The SMILES string of the molecule is COc1cccc(C(O)=C2C(=O)C(=O)N(CCCn3ccnc3)[C@@H]2c2cc(OC)c3c(c2OC)OCO3)c1. The standard InChI is InChI=1S/C27H27N3O8/c1-34-17-7-4-6-16(12-17)22(31)20-21(18-13-19(35-2)25-26(24(18)36-3)38-15-37-25)30(27(33)23(20)32)10-5-9-29-11-8-28-14-29/h4,6-8,11-14,21,31H,5,9-10,15H2,1-3H3/t21-/m1/s1. The molecule has 0 aliphatic carbocycles. The van der Waals surface area contributed by atoms with E-state index in [9.17, 15) is 14.7 Å². The molecule has 11 heteroatoms. The van der Waals surface area contributed by atoms with Crippen molar-refractivity contribution in [3.05, 3.63) is 65.8 Å². The Kier molecular flexibility index (Phi) is 6.82. The number of nitrogens with zero attached hydrogens (tertiary/aromatic N) is 3. The number of amides is 1. The number of imidazole rings is 1. The average Bonchev–Trinajstić information content (AvgIpc) is 3.69. The summed E-state index contributed by atoms with van der Waals surface area (Å²) in [7, 11) is 4.44. The molecule has 2 aromatic carbocycles. The van der Waals surface area contributed by atoms with Gasteiger partial charge in [-0.2, -0.15) is 0 Å². The van der Waals surface area contributed by atoms with Gasteiger partial charge in [-0.1, -0.05) is 12.1 Å². The number of fused-ring (bicyclic) bond motifs is 1. The number of aliphatic hydroxyl groups excluding tert-OH is 1. The Bertz CT molecular complexity index is 1400. The minimum Gasteiger partial charge on any atom is -0.507 e. The van der Waals surface area contributed by atoms with Crippen molar-refractivity contribution in [2.45, 2.75) is 19.0 Å². The van der Waals surface area contributed by atoms with Gasteiger partial charge in [-0.15, -0.1) is 0 Å². The summed E-state index contributed by atoms with van der Waals surface area (Å²) in [5.74, 6) is -0.101. The largest absolute Gasteiger partial charge is 0.507 e. The smallest absolute Gasteiger partial charge is 0.295 e. The molecule has 3 aromatic rings. The number of aryl methyl sites for hydroxylation is 1. The third-order valence-corrected chi connectivity index (χ3v) is 6.57. The van der Waals surface area contributed by atoms with E-state index in [1.807, 2.05) is 10.8 Å². The van der Waals surface area contributed by atoms with Crippen molar-refractivity contribution in [1.29, 1.82) is 0 Å². The molecule has 1 atom stereocenters. The van der Waals surface area contributed by atoms with Gasteiger partial charge >= 0.3 is 0 Å². The van der Waals surface area contributed by atoms with Crippen LogP contribution in [0.1, 0.15) is 23.6 Å². The minimum atomic E-state index is -0.984. The fraction of sp³-hybridized carbons (Fsp3) is 0.296. The summed E-state index contributed by atoms with van der Waals surface area (Å²) in [6.45, 7) is 0.760. The Morgan fingerprint density at radius 3 is 2.61 bits per heavy atom. The molecule has 2 aliphatic rings. The van der Waals surface area contributed by atoms with Crippen molar-refractivity contribution in [3.63, 3.8) is 0 Å². The molecule has 11 nitrogen and oxygen atoms in total. The molecule has 3 heterocycles. The lowest BCUT2D eigenvalue weighted by atomic mass is 9.93. The van der Waals surface area contributed by atoms with Crippen LogP contribution in [0, 0.1) is 0 Å². The number of likely N-dealkylation sites (tertiary alicyclic amines) is 1. The fourth-order valence-electron chi connectivity index (χ4n) is 4.80. The highest BCUT2D eigenvalue weighted by Crippen LogP contribution is 2.54. The highest BCUT2D eigenvalue weighted by atomic mass is 16.7. The van der Waals surface area contributed by atoms with E-state index in [0.717, 1.165) is 0 Å². The van der Waals surface area contributed by atoms with E-state index in [1.165, 1.54) is 26.2 Å². The predicted molar refractivity (Wildman–Crippen MR) is 135 cm³/mol. The Morgan fingerprint density at radius 1 is 1.08 bits per heavy atom. The van der Waals surface area contributed by atoms with Crippen molar-refractivity contribution < 1.29 is 38.4 Å². The maximum Gasteiger partial charge on any atom is 0.295 e. The van der Waals surface area contributed by atoms with Gasteiger partial charge in [0, 0.05) is 36.6 Å². The number of carbonyl (C=O) groups is 2. The monoisotopic (exact) mass is 521 g/mol. The zero-order valence-corrected chi connectivity index (χ0v) is 21.2. The highest BCUT2D eigenvalue weighted by molar-refractivity contribution is 6.46. The molecule has 5 rings (SSSR count). The topological polar surface area (TPSA) is 122 Å². The van der Waals surface area contributed by atoms with Gasteiger partial charge < -0.3 is 38.3 Å². The Labute approximate surface area is 218 Å². The quantitative estimate of drug-likeness (QED) is 0.257. The van der Waals surface area contributed by atoms with E-state index in [1.54, 1.807) is 42.9 Å². The molecular weight excluding hydrogens is 494 g/mol. The molecule has 38 heavy (non-hydrogen) atoms. The maximum absolute atomic E-state index is 13.5. The molecule has 0 saturated carbocycles. The van der Waals surface area contributed by atoms with Crippen LogP contribution in [0.4, 0.5) is 0 Å². The summed E-state index contributed by atoms with van der Waals surface area (Å²) in [6.07, 6.45) is 5.70. The Morgan fingerprint density at radius 2 is 1.89 bits per heavy atom. The lowest BCUT2D eigenvalue weighted by Crippen LogP contribution is -2.31. The summed E-state index contributed by atoms with van der Waals surface area (Å²) in [6, 6.07) is 7.30. The first-order valence-electron chi connectivity index (χ1n) is 11.9.